The number of sulfonamides is 1. The van der Waals surface area contributed by atoms with Crippen molar-refractivity contribution in [3.63, 3.8) is 0 Å². The molecular weight excluding hydrogens is 289 g/mol. The van der Waals surface area contributed by atoms with E-state index in [-0.39, 0.29) is 24.0 Å². The van der Waals surface area contributed by atoms with Crippen molar-refractivity contribution in [3.8, 4) is 0 Å². The van der Waals surface area contributed by atoms with Gasteiger partial charge in [0.15, 0.2) is 0 Å². The summed E-state index contributed by atoms with van der Waals surface area (Å²) < 4.78 is 39.2. The number of benzene rings is 1. The molecule has 1 atom stereocenters. The number of hydrogen-bond donors (Lipinski definition) is 1. The van der Waals surface area contributed by atoms with Gasteiger partial charge in [-0.15, -0.1) is 0 Å². The quantitative estimate of drug-likeness (QED) is 0.656. The molecule has 0 aliphatic carbocycles. The van der Waals surface area contributed by atoms with Gasteiger partial charge in [-0.25, -0.2) is 8.42 Å². The molecule has 1 aromatic carbocycles. The molecule has 0 amide bonds. The van der Waals surface area contributed by atoms with Gasteiger partial charge in [0, 0.05) is 31.7 Å². The van der Waals surface area contributed by atoms with Crippen molar-refractivity contribution in [1.29, 1.82) is 0 Å². The van der Waals surface area contributed by atoms with Crippen molar-refractivity contribution in [3.05, 3.63) is 34.1 Å². The summed E-state index contributed by atoms with van der Waals surface area (Å²) in [6, 6.07) is 2.60. The smallest absolute Gasteiger partial charge is 0.306 e. The van der Waals surface area contributed by atoms with Gasteiger partial charge in [0.05, 0.1) is 9.82 Å². The Hall–Kier alpha value is -1.58. The minimum atomic E-state index is -3.85. The number of nitro groups is 1. The number of nitrogens with one attached hydrogen (secondary N) is 1. The average Bonchev–Trinajstić information content (AvgIpc) is 2.38. The SMILES string of the molecule is C[C@@H]1CN(S(=O)(=O)c2ccc(F)c([N+](=O)[O-])c2)CCN1. The van der Waals surface area contributed by atoms with Gasteiger partial charge < -0.3 is 5.32 Å². The summed E-state index contributed by atoms with van der Waals surface area (Å²) in [7, 11) is -3.85. The van der Waals surface area contributed by atoms with Crippen LogP contribution in [0.1, 0.15) is 6.92 Å². The molecule has 0 unspecified atom stereocenters. The van der Waals surface area contributed by atoms with Gasteiger partial charge >= 0.3 is 5.69 Å². The summed E-state index contributed by atoms with van der Waals surface area (Å²) in [5.41, 5.74) is -0.839. The highest BCUT2D eigenvalue weighted by atomic mass is 32.2. The Kier molecular flexibility index (Phi) is 4.02. The first-order chi connectivity index (χ1) is 9.32. The van der Waals surface area contributed by atoms with Crippen LogP contribution < -0.4 is 5.32 Å². The lowest BCUT2D eigenvalue weighted by atomic mass is 10.3. The van der Waals surface area contributed by atoms with Crippen LogP contribution in [0.2, 0.25) is 0 Å². The molecular formula is C11H14FN3O4S. The van der Waals surface area contributed by atoms with E-state index in [0.717, 1.165) is 18.2 Å². The van der Waals surface area contributed by atoms with Gasteiger partial charge in [-0.1, -0.05) is 0 Å². The Balaban J connectivity index is 2.39. The number of halogens is 1. The van der Waals surface area contributed by atoms with Crippen LogP contribution in [-0.4, -0.2) is 43.3 Å². The molecule has 0 radical (unpaired) electrons. The van der Waals surface area contributed by atoms with E-state index in [9.17, 15) is 22.9 Å². The molecule has 20 heavy (non-hydrogen) atoms. The van der Waals surface area contributed by atoms with Crippen LogP contribution in [-0.2, 0) is 10.0 Å². The fraction of sp³-hybridized carbons (Fsp3) is 0.455. The Labute approximate surface area is 115 Å². The molecule has 0 bridgehead atoms. The van der Waals surface area contributed by atoms with Gasteiger partial charge in [0.2, 0.25) is 15.8 Å². The molecule has 7 nitrogen and oxygen atoms in total. The normalized spacial score (nSPS) is 20.8. The third-order valence-corrected chi connectivity index (χ3v) is 4.94. The number of nitro benzene ring substituents is 1. The maximum absolute atomic E-state index is 13.3. The van der Waals surface area contributed by atoms with Crippen LogP contribution in [0.25, 0.3) is 0 Å². The maximum Gasteiger partial charge on any atom is 0.306 e. The number of piperazine rings is 1. The zero-order chi connectivity index (χ0) is 14.9. The first-order valence-electron chi connectivity index (χ1n) is 6.00. The minimum absolute atomic E-state index is 0.00559. The van der Waals surface area contributed by atoms with E-state index in [1.54, 1.807) is 0 Å². The molecule has 1 N–H and O–H groups in total. The van der Waals surface area contributed by atoms with Gasteiger partial charge in [0.25, 0.3) is 0 Å². The molecule has 1 saturated heterocycles. The number of nitrogens with zero attached hydrogens (tertiary/aromatic N) is 2. The van der Waals surface area contributed by atoms with Crippen LogP contribution >= 0.6 is 0 Å². The van der Waals surface area contributed by atoms with Crippen LogP contribution in [0.3, 0.4) is 0 Å². The van der Waals surface area contributed by atoms with E-state index in [4.69, 9.17) is 0 Å². The van der Waals surface area contributed by atoms with Crippen molar-refractivity contribution in [2.75, 3.05) is 19.6 Å². The summed E-state index contributed by atoms with van der Waals surface area (Å²) in [5, 5.41) is 13.8. The average molecular weight is 303 g/mol. The minimum Gasteiger partial charge on any atom is -0.312 e. The van der Waals surface area contributed by atoms with Crippen molar-refractivity contribution in [2.24, 2.45) is 0 Å². The molecule has 1 aliphatic heterocycles. The fourth-order valence-corrected chi connectivity index (χ4v) is 3.61. The molecule has 1 fully saturated rings. The van der Waals surface area contributed by atoms with Gasteiger partial charge in [-0.3, -0.25) is 10.1 Å². The van der Waals surface area contributed by atoms with Gasteiger partial charge in [-0.05, 0) is 19.1 Å². The van der Waals surface area contributed by atoms with Crippen LogP contribution in [0.5, 0.6) is 0 Å². The third-order valence-electron chi connectivity index (χ3n) is 3.08. The van der Waals surface area contributed by atoms with E-state index in [1.165, 1.54) is 4.31 Å². The second kappa shape index (κ2) is 5.43. The fourth-order valence-electron chi connectivity index (χ4n) is 2.06. The maximum atomic E-state index is 13.3. The highest BCUT2D eigenvalue weighted by Gasteiger charge is 2.30. The lowest BCUT2D eigenvalue weighted by Gasteiger charge is -2.30. The molecule has 9 heteroatoms. The number of rotatable bonds is 3. The molecule has 1 aliphatic rings. The summed E-state index contributed by atoms with van der Waals surface area (Å²) in [6.45, 7) is 2.89. The van der Waals surface area contributed by atoms with E-state index in [2.05, 4.69) is 5.32 Å². The predicted molar refractivity (Wildman–Crippen MR) is 69.3 cm³/mol. The Morgan fingerprint density at radius 3 is 2.80 bits per heavy atom. The van der Waals surface area contributed by atoms with E-state index >= 15 is 0 Å². The van der Waals surface area contributed by atoms with Crippen molar-refractivity contribution < 1.29 is 17.7 Å². The molecule has 0 spiro atoms. The van der Waals surface area contributed by atoms with E-state index < -0.39 is 26.5 Å². The van der Waals surface area contributed by atoms with Crippen LogP contribution in [0.15, 0.2) is 23.1 Å². The second-order valence-corrected chi connectivity index (χ2v) is 6.53. The highest BCUT2D eigenvalue weighted by molar-refractivity contribution is 7.89. The van der Waals surface area contributed by atoms with Crippen molar-refractivity contribution >= 4 is 15.7 Å². The Morgan fingerprint density at radius 1 is 1.50 bits per heavy atom. The summed E-state index contributed by atoms with van der Waals surface area (Å²) in [5.74, 6) is -1.05. The highest BCUT2D eigenvalue weighted by Crippen LogP contribution is 2.24. The van der Waals surface area contributed by atoms with Gasteiger partial charge in [0.1, 0.15) is 0 Å². The summed E-state index contributed by atoms with van der Waals surface area (Å²) in [6.07, 6.45) is 0. The second-order valence-electron chi connectivity index (χ2n) is 4.59. The zero-order valence-electron chi connectivity index (χ0n) is 10.7. The van der Waals surface area contributed by atoms with Crippen LogP contribution in [0.4, 0.5) is 10.1 Å². The largest absolute Gasteiger partial charge is 0.312 e. The predicted octanol–water partition coefficient (Wildman–Crippen LogP) is 0.716. The first kappa shape index (κ1) is 14.8. The molecule has 1 heterocycles. The van der Waals surface area contributed by atoms with Crippen molar-refractivity contribution in [1.82, 2.24) is 9.62 Å². The third kappa shape index (κ3) is 2.79. The topological polar surface area (TPSA) is 92.5 Å². The summed E-state index contributed by atoms with van der Waals surface area (Å²) in [4.78, 5) is 9.48. The lowest BCUT2D eigenvalue weighted by Crippen LogP contribution is -2.51. The lowest BCUT2D eigenvalue weighted by molar-refractivity contribution is -0.387. The molecule has 1 aromatic rings. The van der Waals surface area contributed by atoms with Crippen molar-refractivity contribution in [2.45, 2.75) is 17.9 Å². The molecule has 110 valence electrons. The summed E-state index contributed by atoms with van der Waals surface area (Å²) >= 11 is 0. The standard InChI is InChI=1S/C11H14FN3O4S/c1-8-7-14(5-4-13-8)20(18,19)9-2-3-10(12)11(6-9)15(16)17/h2-3,6,8,13H,4-5,7H2,1H3/t8-/m1/s1. The molecule has 2 rings (SSSR count). The van der Waals surface area contributed by atoms with E-state index in [0.29, 0.717) is 6.54 Å². The Morgan fingerprint density at radius 2 is 2.20 bits per heavy atom. The first-order valence-corrected chi connectivity index (χ1v) is 7.44. The molecule has 0 saturated carbocycles. The molecule has 0 aromatic heterocycles. The van der Waals surface area contributed by atoms with E-state index in [1.807, 2.05) is 6.92 Å². The Bertz CT molecular complexity index is 635. The van der Waals surface area contributed by atoms with Crippen LogP contribution in [0, 0.1) is 15.9 Å². The van der Waals surface area contributed by atoms with Gasteiger partial charge in [-0.2, -0.15) is 8.70 Å². The zero-order valence-corrected chi connectivity index (χ0v) is 11.6. The monoisotopic (exact) mass is 303 g/mol. The number of hydrogen-bond acceptors (Lipinski definition) is 5.